The fourth-order valence-corrected chi connectivity index (χ4v) is 4.48. The number of rotatable bonds is 4. The number of phenols is 1. The number of carbonyl (C=O) groups is 1. The summed E-state index contributed by atoms with van der Waals surface area (Å²) in [5.41, 5.74) is 4.91. The molecule has 4 aromatic rings. The van der Waals surface area contributed by atoms with Crippen LogP contribution in [0.4, 0.5) is 10.2 Å². The minimum atomic E-state index is -0.335. The second kappa shape index (κ2) is 7.92. The number of fused-ring (bicyclic) bond motifs is 3. The monoisotopic (exact) mass is 431 g/mol. The number of halogens is 1. The molecule has 31 heavy (non-hydrogen) atoms. The number of carbonyl (C=O) groups excluding carboxylic acids is 1. The van der Waals surface area contributed by atoms with E-state index in [2.05, 4.69) is 5.32 Å². The maximum absolute atomic E-state index is 13.1. The number of thiophene rings is 1. The molecule has 2 heterocycles. The van der Waals surface area contributed by atoms with Crippen LogP contribution in [-0.4, -0.2) is 21.0 Å². The summed E-state index contributed by atoms with van der Waals surface area (Å²) in [6, 6.07) is 15.0. The highest BCUT2D eigenvalue weighted by atomic mass is 32.1. The second-order valence-electron chi connectivity index (χ2n) is 7.39. The van der Waals surface area contributed by atoms with Gasteiger partial charge in [0.1, 0.15) is 17.3 Å². The largest absolute Gasteiger partial charge is 0.508 e. The summed E-state index contributed by atoms with van der Waals surface area (Å²) >= 11 is 1.52. The molecule has 5 rings (SSSR count). The number of amides is 1. The Hall–Kier alpha value is -3.58. The number of aromatic nitrogens is 2. The Labute approximate surface area is 182 Å². The standard InChI is InChI=1S/C24H18FN3O2S/c25-16-6-3-14(4-7-16)12-21(30)27-24-23(20-2-1-11-31-20)28-22-18-9-8-17(29)13-15(18)5-10-19(22)26-24/h1-4,6-9,11,13,29H,5,10,12H2,(H,26,27,30). The van der Waals surface area contributed by atoms with Crippen molar-refractivity contribution in [3.05, 3.63) is 82.6 Å². The number of phenolic OH excluding ortho intramolecular Hbond substituents is 1. The lowest BCUT2D eigenvalue weighted by molar-refractivity contribution is -0.115. The first-order chi connectivity index (χ1) is 15.1. The average molecular weight is 431 g/mol. The van der Waals surface area contributed by atoms with Gasteiger partial charge >= 0.3 is 0 Å². The lowest BCUT2D eigenvalue weighted by Crippen LogP contribution is -2.18. The maximum atomic E-state index is 13.1. The van der Waals surface area contributed by atoms with Crippen molar-refractivity contribution in [2.24, 2.45) is 0 Å². The summed E-state index contributed by atoms with van der Waals surface area (Å²) < 4.78 is 13.1. The van der Waals surface area contributed by atoms with E-state index in [1.54, 1.807) is 24.3 Å². The van der Waals surface area contributed by atoms with Crippen LogP contribution in [0.5, 0.6) is 5.75 Å². The third-order valence-electron chi connectivity index (χ3n) is 5.23. The van der Waals surface area contributed by atoms with E-state index in [0.29, 0.717) is 17.9 Å². The van der Waals surface area contributed by atoms with E-state index < -0.39 is 0 Å². The molecule has 2 aromatic heterocycles. The summed E-state index contributed by atoms with van der Waals surface area (Å²) in [5, 5.41) is 14.7. The first-order valence-corrected chi connectivity index (χ1v) is 10.8. The maximum Gasteiger partial charge on any atom is 0.230 e. The number of nitrogens with one attached hydrogen (secondary N) is 1. The molecule has 1 amide bonds. The van der Waals surface area contributed by atoms with E-state index in [9.17, 15) is 14.3 Å². The molecule has 0 atom stereocenters. The van der Waals surface area contributed by atoms with E-state index in [1.807, 2.05) is 23.6 Å². The van der Waals surface area contributed by atoms with Crippen LogP contribution < -0.4 is 5.32 Å². The van der Waals surface area contributed by atoms with Crippen molar-refractivity contribution in [2.75, 3.05) is 5.32 Å². The number of benzene rings is 2. The number of aromatic hydroxyl groups is 1. The predicted molar refractivity (Wildman–Crippen MR) is 119 cm³/mol. The van der Waals surface area contributed by atoms with Crippen molar-refractivity contribution in [1.29, 1.82) is 0 Å². The molecule has 1 aliphatic carbocycles. The normalized spacial score (nSPS) is 12.2. The molecular formula is C24H18FN3O2S. The van der Waals surface area contributed by atoms with E-state index in [0.717, 1.165) is 39.4 Å². The Morgan fingerprint density at radius 3 is 2.68 bits per heavy atom. The van der Waals surface area contributed by atoms with Gasteiger partial charge in [-0.1, -0.05) is 18.2 Å². The summed E-state index contributed by atoms with van der Waals surface area (Å²) in [4.78, 5) is 23.3. The fourth-order valence-electron chi connectivity index (χ4n) is 3.77. The molecule has 0 aliphatic heterocycles. The van der Waals surface area contributed by atoms with Crippen molar-refractivity contribution in [2.45, 2.75) is 19.3 Å². The van der Waals surface area contributed by atoms with Gasteiger partial charge in [-0.05, 0) is 65.7 Å². The third-order valence-corrected chi connectivity index (χ3v) is 6.11. The third kappa shape index (κ3) is 3.92. The molecule has 0 saturated carbocycles. The van der Waals surface area contributed by atoms with E-state index in [4.69, 9.17) is 9.97 Å². The van der Waals surface area contributed by atoms with Crippen LogP contribution in [0, 0.1) is 5.82 Å². The van der Waals surface area contributed by atoms with Gasteiger partial charge in [0.15, 0.2) is 5.82 Å². The second-order valence-corrected chi connectivity index (χ2v) is 8.33. The molecule has 5 nitrogen and oxygen atoms in total. The van der Waals surface area contributed by atoms with Crippen LogP contribution in [0.3, 0.4) is 0 Å². The number of hydrogen-bond donors (Lipinski definition) is 2. The van der Waals surface area contributed by atoms with E-state index >= 15 is 0 Å². The minimum absolute atomic E-state index is 0.116. The summed E-state index contributed by atoms with van der Waals surface area (Å²) in [5.74, 6) is 0.0898. The smallest absolute Gasteiger partial charge is 0.230 e. The number of anilines is 1. The van der Waals surface area contributed by atoms with Gasteiger partial charge in [-0.15, -0.1) is 11.3 Å². The molecule has 2 N–H and O–H groups in total. The summed E-state index contributed by atoms with van der Waals surface area (Å²) in [6.07, 6.45) is 1.53. The first-order valence-electron chi connectivity index (χ1n) is 9.88. The van der Waals surface area contributed by atoms with Gasteiger partial charge in [-0.25, -0.2) is 14.4 Å². The molecule has 2 aromatic carbocycles. The highest BCUT2D eigenvalue weighted by Gasteiger charge is 2.23. The molecule has 0 spiro atoms. The van der Waals surface area contributed by atoms with Gasteiger partial charge in [-0.3, -0.25) is 4.79 Å². The van der Waals surface area contributed by atoms with Crippen LogP contribution in [0.25, 0.3) is 21.8 Å². The molecule has 0 bridgehead atoms. The van der Waals surface area contributed by atoms with Gasteiger partial charge in [0.25, 0.3) is 0 Å². The Morgan fingerprint density at radius 1 is 1.06 bits per heavy atom. The lowest BCUT2D eigenvalue weighted by Gasteiger charge is -2.21. The van der Waals surface area contributed by atoms with Crippen LogP contribution in [0.1, 0.15) is 16.8 Å². The molecular weight excluding hydrogens is 413 g/mol. The van der Waals surface area contributed by atoms with Crippen LogP contribution in [-0.2, 0) is 24.1 Å². The SMILES string of the molecule is O=C(Cc1ccc(F)cc1)Nc1nc2c(nc1-c1cccs1)-c1ccc(O)cc1CC2. The zero-order chi connectivity index (χ0) is 21.4. The Bertz CT molecular complexity index is 1270. The van der Waals surface area contributed by atoms with E-state index in [1.165, 1.54) is 23.5 Å². The van der Waals surface area contributed by atoms with Crippen LogP contribution in [0.15, 0.2) is 60.0 Å². The minimum Gasteiger partial charge on any atom is -0.508 e. The zero-order valence-corrected chi connectivity index (χ0v) is 17.2. The molecule has 7 heteroatoms. The molecule has 0 saturated heterocycles. The fraction of sp³-hybridized carbons (Fsp3) is 0.125. The first kappa shape index (κ1) is 19.4. The Kier molecular flexibility index (Phi) is 4.95. The summed E-state index contributed by atoms with van der Waals surface area (Å²) in [6.45, 7) is 0. The number of aryl methyl sites for hydroxylation is 2. The van der Waals surface area contributed by atoms with Crippen molar-refractivity contribution in [3.8, 4) is 27.6 Å². The molecule has 0 radical (unpaired) electrons. The molecule has 0 unspecified atom stereocenters. The van der Waals surface area contributed by atoms with Crippen LogP contribution in [0.2, 0.25) is 0 Å². The van der Waals surface area contributed by atoms with Gasteiger partial charge < -0.3 is 10.4 Å². The highest BCUT2D eigenvalue weighted by molar-refractivity contribution is 7.13. The molecule has 1 aliphatic rings. The van der Waals surface area contributed by atoms with Crippen LogP contribution >= 0.6 is 11.3 Å². The van der Waals surface area contributed by atoms with Crippen molar-refractivity contribution in [1.82, 2.24) is 9.97 Å². The van der Waals surface area contributed by atoms with Gasteiger partial charge in [0.05, 0.1) is 22.7 Å². The number of hydrogen-bond acceptors (Lipinski definition) is 5. The Balaban J connectivity index is 1.52. The molecule has 154 valence electrons. The zero-order valence-electron chi connectivity index (χ0n) is 16.4. The average Bonchev–Trinajstić information content (AvgIpc) is 3.29. The summed E-state index contributed by atoms with van der Waals surface area (Å²) in [7, 11) is 0. The van der Waals surface area contributed by atoms with Gasteiger partial charge in [0, 0.05) is 5.56 Å². The highest BCUT2D eigenvalue weighted by Crippen LogP contribution is 2.37. The van der Waals surface area contributed by atoms with Crippen molar-refractivity contribution in [3.63, 3.8) is 0 Å². The molecule has 0 fully saturated rings. The number of nitrogens with zero attached hydrogens (tertiary/aromatic N) is 2. The lowest BCUT2D eigenvalue weighted by atomic mass is 9.91. The van der Waals surface area contributed by atoms with Crippen molar-refractivity contribution >= 4 is 23.1 Å². The quantitative estimate of drug-likeness (QED) is 0.477. The Morgan fingerprint density at radius 2 is 1.90 bits per heavy atom. The topological polar surface area (TPSA) is 75.1 Å². The van der Waals surface area contributed by atoms with Crippen molar-refractivity contribution < 1.29 is 14.3 Å². The predicted octanol–water partition coefficient (Wildman–Crippen LogP) is 5.00. The van der Waals surface area contributed by atoms with Gasteiger partial charge in [-0.2, -0.15) is 0 Å². The van der Waals surface area contributed by atoms with Gasteiger partial charge in [0.2, 0.25) is 5.91 Å². The van der Waals surface area contributed by atoms with E-state index in [-0.39, 0.29) is 23.9 Å².